The summed E-state index contributed by atoms with van der Waals surface area (Å²) in [7, 11) is 0. The Morgan fingerprint density at radius 2 is 1.92 bits per heavy atom. The molecule has 1 heterocycles. The van der Waals surface area contributed by atoms with Gasteiger partial charge in [-0.15, -0.1) is 12.4 Å². The van der Waals surface area contributed by atoms with Gasteiger partial charge in [0.1, 0.15) is 0 Å². The molecule has 1 aromatic rings. The first-order valence-corrected chi connectivity index (χ1v) is 8.65. The van der Waals surface area contributed by atoms with Crippen LogP contribution < -0.4 is 5.73 Å². The normalized spacial score (nSPS) is 31.8. The van der Waals surface area contributed by atoms with Crippen LogP contribution in [0.4, 0.5) is 0 Å². The van der Waals surface area contributed by atoms with Crippen molar-refractivity contribution >= 4 is 29.9 Å². The summed E-state index contributed by atoms with van der Waals surface area (Å²) in [6.07, 6.45) is 2.34. The fourth-order valence-electron chi connectivity index (χ4n) is 3.84. The third-order valence-electron chi connectivity index (χ3n) is 5.73. The summed E-state index contributed by atoms with van der Waals surface area (Å²) >= 11 is 5.96. The maximum atomic E-state index is 12.6. The van der Waals surface area contributed by atoms with Gasteiger partial charge in [-0.1, -0.05) is 37.6 Å². The molecule has 3 N–H and O–H groups in total. The number of halogens is 2. The van der Waals surface area contributed by atoms with E-state index in [0.717, 1.165) is 18.4 Å². The zero-order chi connectivity index (χ0) is 16.8. The molecule has 0 radical (unpaired) electrons. The standard InChI is InChI=1S/C18H25ClN2O2.ClH/c1-17(2)11-21(16(22)14-7-8-15(14)20)10-9-18(17,23)12-3-5-13(19)6-4-12;/h3-6,14-15,23H,7-11,20H2,1-2H3;1H. The molecule has 1 aliphatic heterocycles. The predicted octanol–water partition coefficient (Wildman–Crippen LogP) is 2.95. The van der Waals surface area contributed by atoms with Crippen LogP contribution in [0.15, 0.2) is 24.3 Å². The number of piperidine rings is 1. The van der Waals surface area contributed by atoms with Gasteiger partial charge in [-0.2, -0.15) is 0 Å². The lowest BCUT2D eigenvalue weighted by molar-refractivity contribution is -0.159. The van der Waals surface area contributed by atoms with Gasteiger partial charge in [-0.25, -0.2) is 0 Å². The summed E-state index contributed by atoms with van der Waals surface area (Å²) in [6, 6.07) is 7.36. The number of benzene rings is 1. The maximum absolute atomic E-state index is 12.6. The Morgan fingerprint density at radius 1 is 1.29 bits per heavy atom. The monoisotopic (exact) mass is 372 g/mol. The first-order valence-electron chi connectivity index (χ1n) is 8.27. The number of nitrogens with two attached hydrogens (primary N) is 1. The van der Waals surface area contributed by atoms with Crippen LogP contribution in [0.2, 0.25) is 5.02 Å². The van der Waals surface area contributed by atoms with Gasteiger partial charge in [0.05, 0.1) is 11.5 Å². The van der Waals surface area contributed by atoms with E-state index in [4.69, 9.17) is 17.3 Å². The van der Waals surface area contributed by atoms with Crippen LogP contribution in [0, 0.1) is 11.3 Å². The second-order valence-corrected chi connectivity index (χ2v) is 8.04. The van der Waals surface area contributed by atoms with Crippen LogP contribution in [0.25, 0.3) is 0 Å². The number of nitrogens with zero attached hydrogens (tertiary/aromatic N) is 1. The number of amides is 1. The molecule has 0 aromatic heterocycles. The maximum Gasteiger partial charge on any atom is 0.227 e. The minimum atomic E-state index is -0.962. The zero-order valence-corrected chi connectivity index (χ0v) is 15.7. The Kier molecular flexibility index (Phi) is 5.55. The lowest BCUT2D eigenvalue weighted by Gasteiger charge is -2.51. The lowest BCUT2D eigenvalue weighted by atomic mass is 9.66. The summed E-state index contributed by atoms with van der Waals surface area (Å²) < 4.78 is 0. The Balaban J connectivity index is 0.00000208. The number of rotatable bonds is 2. The summed E-state index contributed by atoms with van der Waals surface area (Å²) in [5.41, 5.74) is 5.40. The van der Waals surface area contributed by atoms with Crippen molar-refractivity contribution in [3.8, 4) is 0 Å². The molecule has 6 heteroatoms. The fourth-order valence-corrected chi connectivity index (χ4v) is 3.96. The van der Waals surface area contributed by atoms with Crippen LogP contribution in [0.1, 0.15) is 38.7 Å². The molecule has 1 amide bonds. The highest BCUT2D eigenvalue weighted by Gasteiger charge is 2.50. The molecule has 3 unspecified atom stereocenters. The highest BCUT2D eigenvalue weighted by atomic mass is 35.5. The smallest absolute Gasteiger partial charge is 0.227 e. The topological polar surface area (TPSA) is 66.6 Å². The average Bonchev–Trinajstić information content (AvgIpc) is 2.49. The molecule has 3 rings (SSSR count). The number of carbonyl (C=O) groups excluding carboxylic acids is 1. The van der Waals surface area contributed by atoms with Gasteiger partial charge in [0, 0.05) is 29.6 Å². The van der Waals surface area contributed by atoms with E-state index in [1.165, 1.54) is 0 Å². The molecule has 1 aliphatic carbocycles. The molecule has 2 fully saturated rings. The molecule has 1 saturated heterocycles. The highest BCUT2D eigenvalue weighted by molar-refractivity contribution is 6.30. The van der Waals surface area contributed by atoms with Crippen molar-refractivity contribution in [3.05, 3.63) is 34.9 Å². The fraction of sp³-hybridized carbons (Fsp3) is 0.611. The van der Waals surface area contributed by atoms with Crippen molar-refractivity contribution in [2.75, 3.05) is 13.1 Å². The molecular formula is C18H26Cl2N2O2. The number of aliphatic hydroxyl groups is 1. The Hall–Kier alpha value is -0.810. The third-order valence-corrected chi connectivity index (χ3v) is 5.98. The van der Waals surface area contributed by atoms with E-state index in [-0.39, 0.29) is 30.3 Å². The summed E-state index contributed by atoms with van der Waals surface area (Å²) in [4.78, 5) is 14.5. The van der Waals surface area contributed by atoms with Crippen molar-refractivity contribution in [2.24, 2.45) is 17.1 Å². The molecule has 0 bridgehead atoms. The third kappa shape index (κ3) is 3.17. The van der Waals surface area contributed by atoms with Gasteiger partial charge in [0.15, 0.2) is 0 Å². The predicted molar refractivity (Wildman–Crippen MR) is 98.3 cm³/mol. The van der Waals surface area contributed by atoms with Gasteiger partial charge in [0.25, 0.3) is 0 Å². The quantitative estimate of drug-likeness (QED) is 0.838. The first kappa shape index (κ1) is 19.5. The molecule has 0 spiro atoms. The molecule has 24 heavy (non-hydrogen) atoms. The minimum Gasteiger partial charge on any atom is -0.384 e. The molecule has 1 aromatic carbocycles. The van der Waals surface area contributed by atoms with Crippen LogP contribution in [0.5, 0.6) is 0 Å². The van der Waals surface area contributed by atoms with Crippen molar-refractivity contribution in [2.45, 2.75) is 44.8 Å². The summed E-state index contributed by atoms with van der Waals surface area (Å²) in [5.74, 6) is 0.113. The molecule has 1 saturated carbocycles. The van der Waals surface area contributed by atoms with Crippen molar-refractivity contribution in [3.63, 3.8) is 0 Å². The van der Waals surface area contributed by atoms with E-state index in [1.807, 2.05) is 30.9 Å². The van der Waals surface area contributed by atoms with Gasteiger partial charge in [0.2, 0.25) is 5.91 Å². The van der Waals surface area contributed by atoms with Crippen LogP contribution in [-0.4, -0.2) is 35.0 Å². The lowest BCUT2D eigenvalue weighted by Crippen LogP contribution is -2.59. The zero-order valence-electron chi connectivity index (χ0n) is 14.2. The van der Waals surface area contributed by atoms with Crippen LogP contribution in [0.3, 0.4) is 0 Å². The van der Waals surface area contributed by atoms with E-state index in [2.05, 4.69) is 0 Å². The van der Waals surface area contributed by atoms with Gasteiger partial charge >= 0.3 is 0 Å². The molecule has 134 valence electrons. The molecule has 4 nitrogen and oxygen atoms in total. The van der Waals surface area contributed by atoms with E-state index in [0.29, 0.717) is 24.5 Å². The summed E-state index contributed by atoms with van der Waals surface area (Å²) in [5, 5.41) is 12.0. The van der Waals surface area contributed by atoms with E-state index in [1.54, 1.807) is 12.1 Å². The van der Waals surface area contributed by atoms with E-state index < -0.39 is 11.0 Å². The average molecular weight is 373 g/mol. The number of carbonyl (C=O) groups is 1. The highest BCUT2D eigenvalue weighted by Crippen LogP contribution is 2.46. The minimum absolute atomic E-state index is 0. The Labute approximate surface area is 154 Å². The molecule has 2 aliphatic rings. The number of hydrogen-bond acceptors (Lipinski definition) is 3. The van der Waals surface area contributed by atoms with Crippen LogP contribution >= 0.6 is 24.0 Å². The van der Waals surface area contributed by atoms with Gasteiger partial charge in [-0.05, 0) is 37.0 Å². The largest absolute Gasteiger partial charge is 0.384 e. The Morgan fingerprint density at radius 3 is 2.38 bits per heavy atom. The van der Waals surface area contributed by atoms with Crippen molar-refractivity contribution in [1.29, 1.82) is 0 Å². The Bertz CT molecular complexity index is 606. The van der Waals surface area contributed by atoms with Gasteiger partial charge in [-0.3, -0.25) is 4.79 Å². The van der Waals surface area contributed by atoms with Crippen molar-refractivity contribution < 1.29 is 9.90 Å². The van der Waals surface area contributed by atoms with E-state index in [9.17, 15) is 9.90 Å². The van der Waals surface area contributed by atoms with Crippen LogP contribution in [-0.2, 0) is 10.4 Å². The second kappa shape index (κ2) is 6.83. The number of hydrogen-bond donors (Lipinski definition) is 2. The van der Waals surface area contributed by atoms with E-state index >= 15 is 0 Å². The summed E-state index contributed by atoms with van der Waals surface area (Å²) in [6.45, 7) is 5.13. The van der Waals surface area contributed by atoms with Gasteiger partial charge < -0.3 is 15.7 Å². The van der Waals surface area contributed by atoms with Crippen molar-refractivity contribution in [1.82, 2.24) is 4.90 Å². The molecular weight excluding hydrogens is 347 g/mol. The first-order chi connectivity index (χ1) is 10.7. The second-order valence-electron chi connectivity index (χ2n) is 7.61. The molecule has 3 atom stereocenters. The SMILES string of the molecule is CC1(C)CN(C(=O)C2CCC2N)CCC1(O)c1ccc(Cl)cc1.Cl. The number of likely N-dealkylation sites (tertiary alicyclic amines) is 1.